The van der Waals surface area contributed by atoms with Gasteiger partial charge in [-0.05, 0) is 97.8 Å². The van der Waals surface area contributed by atoms with Gasteiger partial charge in [-0.2, -0.15) is 8.78 Å². The number of carbonyl (C=O) groups excluding carboxylic acids is 2. The first-order valence-electron chi connectivity index (χ1n) is 17.2. The zero-order valence-corrected chi connectivity index (χ0v) is 29.4. The third kappa shape index (κ3) is 10.3. The summed E-state index contributed by atoms with van der Waals surface area (Å²) in [7, 11) is 0. The molecule has 0 spiro atoms. The van der Waals surface area contributed by atoms with Gasteiger partial charge in [-0.25, -0.2) is 18.4 Å². The fourth-order valence-corrected chi connectivity index (χ4v) is 4.72. The molecular formula is C44H34F4O6. The molecule has 10 heteroatoms. The fourth-order valence-electron chi connectivity index (χ4n) is 4.72. The van der Waals surface area contributed by atoms with Crippen LogP contribution in [0.2, 0.25) is 0 Å². The van der Waals surface area contributed by atoms with E-state index in [1.165, 1.54) is 91.0 Å². The van der Waals surface area contributed by atoms with Gasteiger partial charge in [0.25, 0.3) is 0 Å². The standard InChI is InChI=1S/C44H34F4O6/c1-3-5-26-51-37-24-22-31(39(45)41(37)47)16-10-29-12-18-33(19-13-29)43(49)53-35-8-7-9-36(28-35)54-44(50)34-20-14-30(15-21-34)11-17-32-23-25-38(42(48)40(32)46)52-27-6-4-2/h7-9,12-15,18-25,28H,3-6,26-27H2,1-2H3. The lowest BCUT2D eigenvalue weighted by molar-refractivity contribution is 0.0732. The van der Waals surface area contributed by atoms with E-state index >= 15 is 0 Å². The van der Waals surface area contributed by atoms with Gasteiger partial charge in [-0.1, -0.05) is 56.4 Å². The van der Waals surface area contributed by atoms with Gasteiger partial charge in [-0.3, -0.25) is 0 Å². The van der Waals surface area contributed by atoms with Crippen LogP contribution in [0.4, 0.5) is 17.6 Å². The van der Waals surface area contributed by atoms with Crippen molar-refractivity contribution in [3.63, 3.8) is 0 Å². The highest BCUT2D eigenvalue weighted by Gasteiger charge is 2.16. The fraction of sp³-hybridized carbons (Fsp3) is 0.182. The van der Waals surface area contributed by atoms with Crippen LogP contribution in [0, 0.1) is 47.0 Å². The highest BCUT2D eigenvalue weighted by Crippen LogP contribution is 2.25. The Balaban J connectivity index is 1.16. The van der Waals surface area contributed by atoms with Crippen molar-refractivity contribution in [2.24, 2.45) is 0 Å². The minimum atomic E-state index is -1.10. The van der Waals surface area contributed by atoms with E-state index in [0.29, 0.717) is 24.0 Å². The molecule has 0 amide bonds. The number of esters is 2. The summed E-state index contributed by atoms with van der Waals surface area (Å²) in [5.41, 5.74) is 1.02. The van der Waals surface area contributed by atoms with Crippen LogP contribution in [0.15, 0.2) is 97.1 Å². The minimum absolute atomic E-state index is 0.114. The lowest BCUT2D eigenvalue weighted by atomic mass is 10.1. The largest absolute Gasteiger partial charge is 0.490 e. The maximum absolute atomic E-state index is 14.5. The van der Waals surface area contributed by atoms with Gasteiger partial charge in [0.2, 0.25) is 11.6 Å². The quantitative estimate of drug-likeness (QED) is 0.0418. The van der Waals surface area contributed by atoms with Crippen molar-refractivity contribution in [1.82, 2.24) is 0 Å². The Morgan fingerprint density at radius 2 is 0.926 bits per heavy atom. The minimum Gasteiger partial charge on any atom is -0.490 e. The second kappa shape index (κ2) is 18.8. The zero-order chi connectivity index (χ0) is 38.5. The highest BCUT2D eigenvalue weighted by molar-refractivity contribution is 5.92. The van der Waals surface area contributed by atoms with Gasteiger partial charge in [0.05, 0.1) is 35.5 Å². The second-order valence-corrected chi connectivity index (χ2v) is 11.8. The third-order valence-corrected chi connectivity index (χ3v) is 7.76. The monoisotopic (exact) mass is 734 g/mol. The van der Waals surface area contributed by atoms with Crippen LogP contribution in [0.1, 0.15) is 82.5 Å². The molecule has 0 aromatic heterocycles. The summed E-state index contributed by atoms with van der Waals surface area (Å²) in [6, 6.07) is 23.3. The van der Waals surface area contributed by atoms with Crippen LogP contribution >= 0.6 is 0 Å². The predicted molar refractivity (Wildman–Crippen MR) is 195 cm³/mol. The van der Waals surface area contributed by atoms with Gasteiger partial charge in [0.1, 0.15) is 11.5 Å². The molecule has 0 heterocycles. The molecule has 0 aliphatic rings. The first-order valence-corrected chi connectivity index (χ1v) is 17.2. The van der Waals surface area contributed by atoms with Gasteiger partial charge < -0.3 is 18.9 Å². The molecule has 0 N–H and O–H groups in total. The van der Waals surface area contributed by atoms with Crippen molar-refractivity contribution in [2.45, 2.75) is 39.5 Å². The molecule has 5 rings (SSSR count). The van der Waals surface area contributed by atoms with E-state index in [2.05, 4.69) is 23.7 Å². The summed E-state index contributed by atoms with van der Waals surface area (Å²) in [5.74, 6) is 4.80. The number of unbranched alkanes of at least 4 members (excludes halogenated alkanes) is 2. The molecular weight excluding hydrogens is 700 g/mol. The number of hydrogen-bond donors (Lipinski definition) is 0. The Labute approximate surface area is 310 Å². The molecule has 274 valence electrons. The van der Waals surface area contributed by atoms with Crippen LogP contribution in [0.25, 0.3) is 0 Å². The Bertz CT molecular complexity index is 2090. The average Bonchev–Trinajstić information content (AvgIpc) is 3.18. The zero-order valence-electron chi connectivity index (χ0n) is 29.4. The molecule has 6 nitrogen and oxygen atoms in total. The molecule has 0 saturated carbocycles. The normalized spacial score (nSPS) is 10.3. The van der Waals surface area contributed by atoms with Crippen molar-refractivity contribution in [1.29, 1.82) is 0 Å². The van der Waals surface area contributed by atoms with E-state index in [9.17, 15) is 27.2 Å². The lowest BCUT2D eigenvalue weighted by Crippen LogP contribution is -2.10. The van der Waals surface area contributed by atoms with Crippen LogP contribution < -0.4 is 18.9 Å². The first kappa shape index (κ1) is 38.7. The molecule has 54 heavy (non-hydrogen) atoms. The van der Waals surface area contributed by atoms with E-state index in [1.54, 1.807) is 6.07 Å². The van der Waals surface area contributed by atoms with Crippen molar-refractivity contribution in [3.05, 3.63) is 154 Å². The van der Waals surface area contributed by atoms with Crippen LogP contribution in [0.5, 0.6) is 23.0 Å². The van der Waals surface area contributed by atoms with Crippen LogP contribution in [0.3, 0.4) is 0 Å². The summed E-state index contributed by atoms with van der Waals surface area (Å²) >= 11 is 0. The summed E-state index contributed by atoms with van der Waals surface area (Å²) < 4.78 is 79.2. The Morgan fingerprint density at radius 3 is 1.31 bits per heavy atom. The topological polar surface area (TPSA) is 71.1 Å². The molecule has 0 bridgehead atoms. The van der Waals surface area contributed by atoms with E-state index in [1.807, 2.05) is 13.8 Å². The summed E-state index contributed by atoms with van der Waals surface area (Å²) in [6.07, 6.45) is 3.15. The Hall–Kier alpha value is -6.52. The number of hydrogen-bond acceptors (Lipinski definition) is 6. The van der Waals surface area contributed by atoms with E-state index < -0.39 is 35.2 Å². The molecule has 0 atom stereocenters. The van der Waals surface area contributed by atoms with Crippen molar-refractivity contribution in [2.75, 3.05) is 13.2 Å². The smallest absolute Gasteiger partial charge is 0.343 e. The maximum atomic E-state index is 14.5. The Kier molecular flexibility index (Phi) is 13.5. The molecule has 0 aliphatic heterocycles. The van der Waals surface area contributed by atoms with Crippen LogP contribution in [-0.4, -0.2) is 25.2 Å². The molecule has 0 saturated heterocycles. The van der Waals surface area contributed by atoms with Gasteiger partial charge in [0, 0.05) is 17.2 Å². The predicted octanol–water partition coefficient (Wildman–Crippen LogP) is 9.84. The number of halogens is 4. The summed E-state index contributed by atoms with van der Waals surface area (Å²) in [5, 5.41) is 0. The molecule has 0 radical (unpaired) electrons. The highest BCUT2D eigenvalue weighted by atomic mass is 19.2. The van der Waals surface area contributed by atoms with E-state index in [-0.39, 0.29) is 58.5 Å². The number of rotatable bonds is 12. The third-order valence-electron chi connectivity index (χ3n) is 7.76. The first-order chi connectivity index (χ1) is 26.2. The van der Waals surface area contributed by atoms with Crippen LogP contribution in [-0.2, 0) is 0 Å². The van der Waals surface area contributed by atoms with Gasteiger partial charge >= 0.3 is 11.9 Å². The van der Waals surface area contributed by atoms with E-state index in [4.69, 9.17) is 18.9 Å². The van der Waals surface area contributed by atoms with Crippen molar-refractivity contribution >= 4 is 11.9 Å². The molecule has 0 unspecified atom stereocenters. The number of benzene rings is 5. The van der Waals surface area contributed by atoms with E-state index in [0.717, 1.165) is 12.8 Å². The second-order valence-electron chi connectivity index (χ2n) is 11.8. The Morgan fingerprint density at radius 1 is 0.519 bits per heavy atom. The maximum Gasteiger partial charge on any atom is 0.343 e. The SMILES string of the molecule is CCCCOc1ccc(C#Cc2ccc(C(=O)Oc3cccc(OC(=O)c4ccc(C#Cc5ccc(OCCCC)c(F)c5F)cc4)c3)cc2)c(F)c1F. The lowest BCUT2D eigenvalue weighted by Gasteiger charge is -2.08. The average molecular weight is 735 g/mol. The number of ether oxygens (including phenoxy) is 4. The number of carbonyl (C=O) groups is 2. The summed E-state index contributed by atoms with van der Waals surface area (Å²) in [6.45, 7) is 4.49. The van der Waals surface area contributed by atoms with Gasteiger partial charge in [-0.15, -0.1) is 0 Å². The van der Waals surface area contributed by atoms with Gasteiger partial charge in [0.15, 0.2) is 23.1 Å². The van der Waals surface area contributed by atoms with Crippen molar-refractivity contribution < 1.29 is 46.1 Å². The molecule has 0 aliphatic carbocycles. The van der Waals surface area contributed by atoms with Crippen molar-refractivity contribution in [3.8, 4) is 46.7 Å². The molecule has 5 aromatic carbocycles. The summed E-state index contributed by atoms with van der Waals surface area (Å²) in [4.78, 5) is 25.6. The molecule has 5 aromatic rings. The molecule has 0 fully saturated rings.